The van der Waals surface area contributed by atoms with Crippen molar-refractivity contribution in [2.45, 2.75) is 32.2 Å². The number of benzene rings is 2. The maximum atomic E-state index is 13.0. The lowest BCUT2D eigenvalue weighted by Gasteiger charge is -2.37. The van der Waals surface area contributed by atoms with Crippen LogP contribution in [0.2, 0.25) is 0 Å². The molecule has 1 atom stereocenters. The van der Waals surface area contributed by atoms with Gasteiger partial charge in [-0.05, 0) is 79.7 Å². The summed E-state index contributed by atoms with van der Waals surface area (Å²) in [5.74, 6) is 0.675. The number of aromatic nitrogens is 2. The minimum atomic E-state index is 0.0132. The van der Waals surface area contributed by atoms with Crippen LogP contribution in [0.5, 0.6) is 0 Å². The standard InChI is InChI=1S/C25H23N3O2/c1-15-9-22-20(11-18(15)25-13-26-14-30-25)24(29)12-21(27-22)17-4-3-16-5-6-23(19(16)10-17)28-7-2-8-28/h3-4,9-14,23H,2,5-8H2,1H3,(H,27,29). The van der Waals surface area contributed by atoms with Gasteiger partial charge in [0.1, 0.15) is 0 Å². The number of aromatic amines is 1. The number of fused-ring (bicyclic) bond motifs is 2. The summed E-state index contributed by atoms with van der Waals surface area (Å²) in [5.41, 5.74) is 7.63. The molecule has 1 aliphatic heterocycles. The fraction of sp³-hybridized carbons (Fsp3) is 0.280. The van der Waals surface area contributed by atoms with Crippen molar-refractivity contribution in [2.24, 2.45) is 0 Å². The molecular formula is C25H23N3O2. The van der Waals surface area contributed by atoms with E-state index in [-0.39, 0.29) is 5.43 Å². The van der Waals surface area contributed by atoms with E-state index in [1.165, 1.54) is 43.5 Å². The van der Waals surface area contributed by atoms with Crippen LogP contribution < -0.4 is 5.43 Å². The van der Waals surface area contributed by atoms with E-state index in [9.17, 15) is 4.79 Å². The number of nitrogens with one attached hydrogen (secondary N) is 1. The zero-order valence-corrected chi connectivity index (χ0v) is 16.9. The van der Waals surface area contributed by atoms with Gasteiger partial charge in [-0.2, -0.15) is 0 Å². The van der Waals surface area contributed by atoms with E-state index in [1.54, 1.807) is 12.3 Å². The van der Waals surface area contributed by atoms with Crippen LogP contribution in [-0.4, -0.2) is 28.0 Å². The summed E-state index contributed by atoms with van der Waals surface area (Å²) >= 11 is 0. The molecule has 0 saturated carbocycles. The molecule has 2 aliphatic rings. The molecule has 6 rings (SSSR count). The highest BCUT2D eigenvalue weighted by atomic mass is 16.3. The first-order chi connectivity index (χ1) is 14.7. The number of hydrogen-bond donors (Lipinski definition) is 1. The largest absolute Gasteiger partial charge is 0.444 e. The SMILES string of the molecule is Cc1cc2[nH]c(-c3ccc4c(c3)C(N3CCC3)CC4)cc(=O)c2cc1-c1cnco1. The topological polar surface area (TPSA) is 62.1 Å². The average molecular weight is 397 g/mol. The lowest BCUT2D eigenvalue weighted by Crippen LogP contribution is -2.39. The Kier molecular flexibility index (Phi) is 3.93. The monoisotopic (exact) mass is 397 g/mol. The summed E-state index contributed by atoms with van der Waals surface area (Å²) in [7, 11) is 0. The van der Waals surface area contributed by atoms with Crippen LogP contribution >= 0.6 is 0 Å². The molecule has 4 aromatic rings. The fourth-order valence-corrected chi connectivity index (χ4v) is 4.95. The van der Waals surface area contributed by atoms with E-state index in [2.05, 4.69) is 33.1 Å². The Labute approximate surface area is 174 Å². The van der Waals surface area contributed by atoms with Gasteiger partial charge in [0.2, 0.25) is 0 Å². The van der Waals surface area contributed by atoms with Crippen LogP contribution in [0.15, 0.2) is 58.2 Å². The first-order valence-corrected chi connectivity index (χ1v) is 10.6. The van der Waals surface area contributed by atoms with Crippen molar-refractivity contribution in [3.63, 3.8) is 0 Å². The number of oxazole rings is 1. The minimum Gasteiger partial charge on any atom is -0.444 e. The van der Waals surface area contributed by atoms with Gasteiger partial charge in [0, 0.05) is 28.8 Å². The third-order valence-electron chi connectivity index (χ3n) is 6.71. The number of H-pyrrole nitrogens is 1. The van der Waals surface area contributed by atoms with E-state index in [1.807, 2.05) is 19.1 Å². The molecule has 1 fully saturated rings. The summed E-state index contributed by atoms with van der Waals surface area (Å²) in [5, 5.41) is 0.662. The third kappa shape index (κ3) is 2.73. The van der Waals surface area contributed by atoms with Crippen LogP contribution in [-0.2, 0) is 6.42 Å². The smallest absolute Gasteiger partial charge is 0.190 e. The van der Waals surface area contributed by atoms with Crippen LogP contribution in [0.25, 0.3) is 33.5 Å². The van der Waals surface area contributed by atoms with E-state index < -0.39 is 0 Å². The van der Waals surface area contributed by atoms with Gasteiger partial charge in [-0.15, -0.1) is 0 Å². The predicted octanol–water partition coefficient (Wildman–Crippen LogP) is 4.85. The lowest BCUT2D eigenvalue weighted by atomic mass is 9.98. The first kappa shape index (κ1) is 17.7. The van der Waals surface area contributed by atoms with Gasteiger partial charge in [-0.1, -0.05) is 12.1 Å². The van der Waals surface area contributed by atoms with Gasteiger partial charge in [-0.25, -0.2) is 4.98 Å². The van der Waals surface area contributed by atoms with Crippen LogP contribution in [0.4, 0.5) is 0 Å². The van der Waals surface area contributed by atoms with Gasteiger partial charge in [0.15, 0.2) is 17.6 Å². The van der Waals surface area contributed by atoms with Gasteiger partial charge in [-0.3, -0.25) is 9.69 Å². The summed E-state index contributed by atoms with van der Waals surface area (Å²) < 4.78 is 5.44. The molecule has 0 spiro atoms. The van der Waals surface area contributed by atoms with E-state index in [4.69, 9.17) is 4.42 Å². The summed E-state index contributed by atoms with van der Waals surface area (Å²) in [4.78, 5) is 23.1. The zero-order chi connectivity index (χ0) is 20.2. The summed E-state index contributed by atoms with van der Waals surface area (Å²) in [6, 6.07) is 12.8. The number of hydrogen-bond acceptors (Lipinski definition) is 4. The summed E-state index contributed by atoms with van der Waals surface area (Å²) in [6.45, 7) is 4.43. The van der Waals surface area contributed by atoms with E-state index in [0.717, 1.165) is 34.3 Å². The average Bonchev–Trinajstić information content (AvgIpc) is 3.36. The Bertz CT molecular complexity index is 1320. The molecule has 1 saturated heterocycles. The van der Waals surface area contributed by atoms with Crippen molar-refractivity contribution in [3.8, 4) is 22.6 Å². The van der Waals surface area contributed by atoms with Crippen molar-refractivity contribution < 1.29 is 4.42 Å². The second-order valence-corrected chi connectivity index (χ2v) is 8.48. The molecule has 2 aromatic carbocycles. The van der Waals surface area contributed by atoms with Crippen molar-refractivity contribution in [3.05, 3.63) is 75.9 Å². The second-order valence-electron chi connectivity index (χ2n) is 8.48. The molecule has 3 heterocycles. The Balaban J connectivity index is 1.45. The Morgan fingerprint density at radius 2 is 2.07 bits per heavy atom. The number of aryl methyl sites for hydroxylation is 2. The van der Waals surface area contributed by atoms with Gasteiger partial charge in [0.05, 0.1) is 11.7 Å². The highest BCUT2D eigenvalue weighted by Gasteiger charge is 2.31. The van der Waals surface area contributed by atoms with E-state index in [0.29, 0.717) is 17.2 Å². The first-order valence-electron chi connectivity index (χ1n) is 10.6. The number of likely N-dealkylation sites (tertiary alicyclic amines) is 1. The van der Waals surface area contributed by atoms with Crippen molar-refractivity contribution in [1.29, 1.82) is 0 Å². The Hall–Kier alpha value is -3.18. The highest BCUT2D eigenvalue weighted by Crippen LogP contribution is 2.39. The molecule has 5 heteroatoms. The highest BCUT2D eigenvalue weighted by molar-refractivity contribution is 5.87. The summed E-state index contributed by atoms with van der Waals surface area (Å²) in [6.07, 6.45) is 6.74. The minimum absolute atomic E-state index is 0.0132. The van der Waals surface area contributed by atoms with Crippen molar-refractivity contribution >= 4 is 10.9 Å². The third-order valence-corrected chi connectivity index (χ3v) is 6.71. The normalized spacial score (nSPS) is 18.5. The van der Waals surface area contributed by atoms with Crippen molar-refractivity contribution in [2.75, 3.05) is 13.1 Å². The predicted molar refractivity (Wildman–Crippen MR) is 117 cm³/mol. The van der Waals surface area contributed by atoms with Gasteiger partial charge in [0.25, 0.3) is 0 Å². The molecule has 0 amide bonds. The number of nitrogens with zero attached hydrogens (tertiary/aromatic N) is 2. The molecule has 1 unspecified atom stereocenters. The lowest BCUT2D eigenvalue weighted by molar-refractivity contribution is 0.118. The van der Waals surface area contributed by atoms with Crippen molar-refractivity contribution in [1.82, 2.24) is 14.9 Å². The molecule has 0 bridgehead atoms. The molecular weight excluding hydrogens is 374 g/mol. The quantitative estimate of drug-likeness (QED) is 0.537. The zero-order valence-electron chi connectivity index (χ0n) is 16.9. The molecule has 0 radical (unpaired) electrons. The molecule has 1 N–H and O–H groups in total. The number of pyridine rings is 1. The maximum Gasteiger partial charge on any atom is 0.190 e. The fourth-order valence-electron chi connectivity index (χ4n) is 4.95. The van der Waals surface area contributed by atoms with Crippen LogP contribution in [0.1, 0.15) is 35.6 Å². The maximum absolute atomic E-state index is 13.0. The molecule has 5 nitrogen and oxygen atoms in total. The Morgan fingerprint density at radius 1 is 1.17 bits per heavy atom. The van der Waals surface area contributed by atoms with Crippen LogP contribution in [0, 0.1) is 6.92 Å². The Morgan fingerprint density at radius 3 is 2.83 bits per heavy atom. The van der Waals surface area contributed by atoms with E-state index >= 15 is 0 Å². The number of rotatable bonds is 3. The van der Waals surface area contributed by atoms with Gasteiger partial charge < -0.3 is 9.40 Å². The molecule has 30 heavy (non-hydrogen) atoms. The molecule has 150 valence electrons. The molecule has 2 aromatic heterocycles. The van der Waals surface area contributed by atoms with Crippen LogP contribution in [0.3, 0.4) is 0 Å². The second kappa shape index (κ2) is 6.67. The van der Waals surface area contributed by atoms with Gasteiger partial charge >= 0.3 is 0 Å². The molecule has 1 aliphatic carbocycles.